The average molecular weight is 305 g/mol. The predicted octanol–water partition coefficient (Wildman–Crippen LogP) is 2.27. The molecule has 0 radical (unpaired) electrons. The van der Waals surface area contributed by atoms with Gasteiger partial charge in [0.2, 0.25) is 0 Å². The maximum atomic E-state index is 11.9. The van der Waals surface area contributed by atoms with Crippen molar-refractivity contribution in [3.8, 4) is 0 Å². The fraction of sp³-hybridized carbons (Fsp3) is 0.417. The molecule has 1 heterocycles. The van der Waals surface area contributed by atoms with Gasteiger partial charge in [0.1, 0.15) is 0 Å². The van der Waals surface area contributed by atoms with Crippen molar-refractivity contribution >= 4 is 47.5 Å². The minimum Gasteiger partial charge on any atom is -0.399 e. The third-order valence-electron chi connectivity index (χ3n) is 2.52. The summed E-state index contributed by atoms with van der Waals surface area (Å²) < 4.78 is 0. The first-order valence-corrected chi connectivity index (χ1v) is 7.79. The molecule has 6 heteroatoms. The molecule has 18 heavy (non-hydrogen) atoms. The summed E-state index contributed by atoms with van der Waals surface area (Å²) in [5.74, 6) is 3.50. The van der Waals surface area contributed by atoms with Crippen LogP contribution < -0.4 is 11.1 Å². The van der Waals surface area contributed by atoms with Crippen molar-refractivity contribution in [1.82, 2.24) is 5.32 Å². The van der Waals surface area contributed by atoms with Gasteiger partial charge in [0.15, 0.2) is 0 Å². The Bertz CT molecular complexity index is 397. The summed E-state index contributed by atoms with van der Waals surface area (Å²) in [4.78, 5) is 11.9. The van der Waals surface area contributed by atoms with E-state index in [1.54, 1.807) is 24.3 Å². The molecule has 0 spiro atoms. The molecule has 1 unspecified atom stereocenters. The Hall–Kier alpha value is -0.520. The highest BCUT2D eigenvalue weighted by Crippen LogP contribution is 2.23. The average Bonchev–Trinajstić information content (AvgIpc) is 2.37. The number of carbonyl (C=O) groups excluding carboxylic acids is 1. The molecule has 1 amide bonds. The number of halogens is 1. The smallest absolute Gasteiger partial charge is 0.251 e. The topological polar surface area (TPSA) is 55.1 Å². The summed E-state index contributed by atoms with van der Waals surface area (Å²) in [5.41, 5.74) is 6.91. The maximum absolute atomic E-state index is 11.9. The summed E-state index contributed by atoms with van der Waals surface area (Å²) in [6, 6.07) is 7.08. The fourth-order valence-electron chi connectivity index (χ4n) is 1.64. The number of carbonyl (C=O) groups is 1. The van der Waals surface area contributed by atoms with Crippen molar-refractivity contribution < 1.29 is 4.79 Å². The van der Waals surface area contributed by atoms with E-state index in [2.05, 4.69) is 5.32 Å². The van der Waals surface area contributed by atoms with E-state index in [4.69, 9.17) is 5.73 Å². The molecular formula is C12H17ClN2OS2. The van der Waals surface area contributed by atoms with Gasteiger partial charge in [-0.25, -0.2) is 0 Å². The lowest BCUT2D eigenvalue weighted by molar-refractivity contribution is 0.0954. The Kier molecular flexibility index (Phi) is 6.75. The highest BCUT2D eigenvalue weighted by molar-refractivity contribution is 8.06. The third kappa shape index (κ3) is 4.63. The second kappa shape index (κ2) is 7.81. The van der Waals surface area contributed by atoms with Crippen molar-refractivity contribution in [3.63, 3.8) is 0 Å². The van der Waals surface area contributed by atoms with Gasteiger partial charge in [0.05, 0.1) is 0 Å². The molecule has 0 bridgehead atoms. The number of amides is 1. The van der Waals surface area contributed by atoms with Crippen molar-refractivity contribution in [1.29, 1.82) is 0 Å². The standard InChI is InChI=1S/C12H16N2OS2.ClH/c13-10-3-1-2-9(6-10)12(15)14-7-11-8-16-4-5-17-11;/h1-3,6,11H,4-5,7-8,13H2,(H,14,15);1H. The second-order valence-electron chi connectivity index (χ2n) is 3.90. The number of nitrogens with one attached hydrogen (secondary N) is 1. The molecule has 3 nitrogen and oxygen atoms in total. The highest BCUT2D eigenvalue weighted by atomic mass is 35.5. The lowest BCUT2D eigenvalue weighted by Gasteiger charge is -2.21. The maximum Gasteiger partial charge on any atom is 0.251 e. The molecule has 0 aliphatic carbocycles. The zero-order chi connectivity index (χ0) is 12.1. The van der Waals surface area contributed by atoms with Crippen LogP contribution in [-0.4, -0.2) is 35.0 Å². The van der Waals surface area contributed by atoms with Gasteiger partial charge in [-0.05, 0) is 18.2 Å². The molecule has 100 valence electrons. The monoisotopic (exact) mass is 304 g/mol. The molecular weight excluding hydrogens is 288 g/mol. The summed E-state index contributed by atoms with van der Waals surface area (Å²) in [6.45, 7) is 0.741. The molecule has 1 aliphatic rings. The van der Waals surface area contributed by atoms with Crippen LogP contribution >= 0.6 is 35.9 Å². The zero-order valence-corrected chi connectivity index (χ0v) is 12.4. The number of nitrogens with two attached hydrogens (primary N) is 1. The van der Waals surface area contributed by atoms with Gasteiger partial charge < -0.3 is 11.1 Å². The van der Waals surface area contributed by atoms with E-state index in [0.29, 0.717) is 16.5 Å². The van der Waals surface area contributed by atoms with Crippen LogP contribution in [0, 0.1) is 0 Å². The van der Waals surface area contributed by atoms with Gasteiger partial charge in [0.25, 0.3) is 5.91 Å². The van der Waals surface area contributed by atoms with Gasteiger partial charge in [0, 0.05) is 40.3 Å². The van der Waals surface area contributed by atoms with Crippen molar-refractivity contribution in [2.24, 2.45) is 0 Å². The Labute approximate surface area is 122 Å². The minimum atomic E-state index is -0.0338. The number of rotatable bonds is 3. The Morgan fingerprint density at radius 2 is 2.28 bits per heavy atom. The van der Waals surface area contributed by atoms with Crippen LogP contribution in [0.4, 0.5) is 5.69 Å². The normalized spacial score (nSPS) is 18.8. The van der Waals surface area contributed by atoms with Crippen LogP contribution in [0.5, 0.6) is 0 Å². The van der Waals surface area contributed by atoms with E-state index in [0.717, 1.165) is 12.3 Å². The van der Waals surface area contributed by atoms with Crippen LogP contribution in [0.25, 0.3) is 0 Å². The van der Waals surface area contributed by atoms with Crippen molar-refractivity contribution in [2.45, 2.75) is 5.25 Å². The van der Waals surface area contributed by atoms with Crippen LogP contribution in [0.3, 0.4) is 0 Å². The summed E-state index contributed by atoms with van der Waals surface area (Å²) in [7, 11) is 0. The van der Waals surface area contributed by atoms with Gasteiger partial charge in [-0.3, -0.25) is 4.79 Å². The van der Waals surface area contributed by atoms with Crippen LogP contribution in [0.1, 0.15) is 10.4 Å². The molecule has 1 aromatic rings. The van der Waals surface area contributed by atoms with Gasteiger partial charge in [-0.15, -0.1) is 12.4 Å². The molecule has 1 saturated heterocycles. The van der Waals surface area contributed by atoms with E-state index < -0.39 is 0 Å². The highest BCUT2D eigenvalue weighted by Gasteiger charge is 2.15. The van der Waals surface area contributed by atoms with Crippen molar-refractivity contribution in [2.75, 3.05) is 29.5 Å². The largest absolute Gasteiger partial charge is 0.399 e. The zero-order valence-electron chi connectivity index (χ0n) is 9.93. The van der Waals surface area contributed by atoms with Gasteiger partial charge in [-0.1, -0.05) is 6.07 Å². The first kappa shape index (κ1) is 15.5. The van der Waals surface area contributed by atoms with E-state index in [9.17, 15) is 4.79 Å². The van der Waals surface area contributed by atoms with E-state index in [1.807, 2.05) is 23.5 Å². The Morgan fingerprint density at radius 3 is 2.94 bits per heavy atom. The van der Waals surface area contributed by atoms with Crippen LogP contribution in [0.2, 0.25) is 0 Å². The second-order valence-corrected chi connectivity index (χ2v) is 6.46. The van der Waals surface area contributed by atoms with Crippen LogP contribution in [0.15, 0.2) is 24.3 Å². The number of benzene rings is 1. The Morgan fingerprint density at radius 1 is 1.44 bits per heavy atom. The summed E-state index contributed by atoms with van der Waals surface area (Å²) >= 11 is 3.90. The third-order valence-corrected chi connectivity index (χ3v) is 5.37. The van der Waals surface area contributed by atoms with Crippen LogP contribution in [-0.2, 0) is 0 Å². The number of hydrogen-bond donors (Lipinski definition) is 2. The SMILES string of the molecule is Cl.Nc1cccc(C(=O)NCC2CSCCS2)c1. The van der Waals surface area contributed by atoms with E-state index in [1.165, 1.54) is 11.5 Å². The molecule has 2 rings (SSSR count). The molecule has 1 fully saturated rings. The molecule has 0 aromatic heterocycles. The quantitative estimate of drug-likeness (QED) is 0.841. The Balaban J connectivity index is 0.00000162. The number of hydrogen-bond acceptors (Lipinski definition) is 4. The minimum absolute atomic E-state index is 0. The van der Waals surface area contributed by atoms with Gasteiger partial charge in [-0.2, -0.15) is 23.5 Å². The molecule has 3 N–H and O–H groups in total. The fourth-order valence-corrected chi connectivity index (χ4v) is 4.25. The summed E-state index contributed by atoms with van der Waals surface area (Å²) in [6.07, 6.45) is 0. The lowest BCUT2D eigenvalue weighted by Crippen LogP contribution is -2.33. The van der Waals surface area contributed by atoms with Crippen molar-refractivity contribution in [3.05, 3.63) is 29.8 Å². The van der Waals surface area contributed by atoms with E-state index >= 15 is 0 Å². The molecule has 1 aromatic carbocycles. The number of nitrogen functional groups attached to an aromatic ring is 1. The molecule has 0 saturated carbocycles. The number of anilines is 1. The first-order valence-electron chi connectivity index (χ1n) is 5.59. The predicted molar refractivity (Wildman–Crippen MR) is 84.0 cm³/mol. The van der Waals surface area contributed by atoms with E-state index in [-0.39, 0.29) is 18.3 Å². The van der Waals surface area contributed by atoms with Gasteiger partial charge >= 0.3 is 0 Å². The lowest BCUT2D eigenvalue weighted by atomic mass is 10.2. The summed E-state index contributed by atoms with van der Waals surface area (Å²) in [5, 5.41) is 3.51. The molecule has 1 atom stereocenters. The first-order chi connectivity index (χ1) is 8.25. The molecule has 1 aliphatic heterocycles. The number of thioether (sulfide) groups is 2.